The van der Waals surface area contributed by atoms with Crippen molar-refractivity contribution < 1.29 is 4.74 Å². The molecule has 0 unspecified atom stereocenters. The number of H-pyrrole nitrogens is 1. The molecule has 0 aliphatic carbocycles. The molecule has 0 saturated heterocycles. The van der Waals surface area contributed by atoms with E-state index in [2.05, 4.69) is 30.5 Å². The zero-order valence-electron chi connectivity index (χ0n) is 11.4. The van der Waals surface area contributed by atoms with Crippen molar-refractivity contribution >= 4 is 11.9 Å². The highest BCUT2D eigenvalue weighted by Crippen LogP contribution is 2.19. The molecule has 2 rings (SSSR count). The summed E-state index contributed by atoms with van der Waals surface area (Å²) in [5.74, 6) is 1.42. The summed E-state index contributed by atoms with van der Waals surface area (Å²) >= 11 is 0. The van der Waals surface area contributed by atoms with E-state index in [-0.39, 0.29) is 6.01 Å². The molecule has 8 heteroatoms. The van der Waals surface area contributed by atoms with E-state index in [9.17, 15) is 0 Å². The first-order chi connectivity index (χ1) is 9.08. The van der Waals surface area contributed by atoms with Gasteiger partial charge in [-0.25, -0.2) is 0 Å². The van der Waals surface area contributed by atoms with E-state index in [0.29, 0.717) is 17.8 Å². The number of aromatic nitrogens is 5. The van der Waals surface area contributed by atoms with E-state index < -0.39 is 0 Å². The first-order valence-electron chi connectivity index (χ1n) is 5.95. The summed E-state index contributed by atoms with van der Waals surface area (Å²) in [6.07, 6.45) is 0. The first-order valence-corrected chi connectivity index (χ1v) is 5.95. The summed E-state index contributed by atoms with van der Waals surface area (Å²) in [5.41, 5.74) is 0.906. The minimum absolute atomic E-state index is 0.209. The van der Waals surface area contributed by atoms with Crippen LogP contribution in [0.15, 0.2) is 6.07 Å². The molecule has 0 aliphatic rings. The zero-order valence-corrected chi connectivity index (χ0v) is 11.4. The number of rotatable bonds is 5. The second-order valence-corrected chi connectivity index (χ2v) is 4.16. The Morgan fingerprint density at radius 1 is 1.32 bits per heavy atom. The topological polar surface area (TPSA) is 91.8 Å². The average molecular weight is 263 g/mol. The molecule has 19 heavy (non-hydrogen) atoms. The molecule has 0 saturated carbocycles. The van der Waals surface area contributed by atoms with Crippen LogP contribution in [0.1, 0.15) is 12.6 Å². The Balaban J connectivity index is 2.27. The maximum absolute atomic E-state index is 5.51. The molecule has 0 atom stereocenters. The summed E-state index contributed by atoms with van der Waals surface area (Å²) in [4.78, 5) is 14.4. The van der Waals surface area contributed by atoms with Crippen LogP contribution in [-0.2, 0) is 0 Å². The summed E-state index contributed by atoms with van der Waals surface area (Å²) in [6, 6.07) is 1.98. The highest BCUT2D eigenvalue weighted by atomic mass is 16.5. The van der Waals surface area contributed by atoms with Gasteiger partial charge in [-0.1, -0.05) is 0 Å². The van der Waals surface area contributed by atoms with E-state index in [0.717, 1.165) is 12.2 Å². The number of aryl methyl sites for hydroxylation is 1. The smallest absolute Gasteiger partial charge is 0.330 e. The van der Waals surface area contributed by atoms with Gasteiger partial charge in [-0.05, 0) is 13.8 Å². The Bertz CT molecular complexity index is 552. The van der Waals surface area contributed by atoms with Crippen LogP contribution in [0.2, 0.25) is 0 Å². The van der Waals surface area contributed by atoms with Gasteiger partial charge in [0.2, 0.25) is 17.8 Å². The quantitative estimate of drug-likeness (QED) is 0.837. The minimum atomic E-state index is 0.209. The fourth-order valence-electron chi connectivity index (χ4n) is 1.37. The largest absolute Gasteiger partial charge is 0.403 e. The number of ether oxygens (including phenoxy) is 1. The summed E-state index contributed by atoms with van der Waals surface area (Å²) in [7, 11) is 3.71. The lowest BCUT2D eigenvalue weighted by molar-refractivity contribution is 0.423. The van der Waals surface area contributed by atoms with Crippen LogP contribution in [0.25, 0.3) is 0 Å². The fourth-order valence-corrected chi connectivity index (χ4v) is 1.37. The van der Waals surface area contributed by atoms with Crippen LogP contribution in [0.4, 0.5) is 11.9 Å². The third-order valence-corrected chi connectivity index (χ3v) is 2.22. The number of nitrogens with zero attached hydrogens (tertiary/aromatic N) is 5. The molecule has 2 aromatic rings. The molecular weight excluding hydrogens is 246 g/mol. The third-order valence-electron chi connectivity index (χ3n) is 2.22. The second kappa shape index (κ2) is 5.51. The minimum Gasteiger partial charge on any atom is -0.403 e. The first kappa shape index (κ1) is 13.1. The van der Waals surface area contributed by atoms with Gasteiger partial charge in [0, 0.05) is 32.4 Å². The molecule has 2 N–H and O–H groups in total. The van der Waals surface area contributed by atoms with Gasteiger partial charge >= 0.3 is 6.01 Å². The second-order valence-electron chi connectivity index (χ2n) is 4.16. The number of hydrogen-bond acceptors (Lipinski definition) is 7. The van der Waals surface area contributed by atoms with Crippen molar-refractivity contribution in [2.75, 3.05) is 30.9 Å². The van der Waals surface area contributed by atoms with Crippen LogP contribution >= 0.6 is 0 Å². The van der Waals surface area contributed by atoms with Gasteiger partial charge in [0.1, 0.15) is 0 Å². The maximum atomic E-state index is 5.51. The van der Waals surface area contributed by atoms with Gasteiger partial charge in [0.05, 0.1) is 0 Å². The number of hydrogen-bond donors (Lipinski definition) is 2. The number of aromatic amines is 1. The average Bonchev–Trinajstić information content (AvgIpc) is 2.75. The monoisotopic (exact) mass is 263 g/mol. The Hall–Kier alpha value is -2.38. The van der Waals surface area contributed by atoms with Crippen LogP contribution in [0.3, 0.4) is 0 Å². The zero-order chi connectivity index (χ0) is 13.8. The van der Waals surface area contributed by atoms with Crippen molar-refractivity contribution in [2.24, 2.45) is 0 Å². The Morgan fingerprint density at radius 3 is 2.68 bits per heavy atom. The molecule has 0 aromatic carbocycles. The van der Waals surface area contributed by atoms with Crippen LogP contribution < -0.4 is 15.0 Å². The van der Waals surface area contributed by atoms with Gasteiger partial charge in [-0.15, -0.1) is 5.10 Å². The molecule has 8 nitrogen and oxygen atoms in total. The van der Waals surface area contributed by atoms with Crippen LogP contribution in [-0.4, -0.2) is 45.8 Å². The molecular formula is C11H17N7O. The highest BCUT2D eigenvalue weighted by Gasteiger charge is 2.10. The molecule has 0 bridgehead atoms. The van der Waals surface area contributed by atoms with Gasteiger partial charge in [0.15, 0.2) is 0 Å². The van der Waals surface area contributed by atoms with Crippen molar-refractivity contribution in [2.45, 2.75) is 13.8 Å². The van der Waals surface area contributed by atoms with E-state index in [1.165, 1.54) is 0 Å². The standard InChI is InChI=1S/C11H17N7O/c1-5-12-9-13-10(18(3)4)15-11(14-9)19-8-6-7(2)16-17-8/h6H,5H2,1-4H3,(H,16,17)(H,12,13,14,15). The van der Waals surface area contributed by atoms with Crippen molar-refractivity contribution in [3.63, 3.8) is 0 Å². The van der Waals surface area contributed by atoms with E-state index >= 15 is 0 Å². The van der Waals surface area contributed by atoms with Crippen molar-refractivity contribution in [3.8, 4) is 11.9 Å². The van der Waals surface area contributed by atoms with Crippen LogP contribution in [0, 0.1) is 6.92 Å². The van der Waals surface area contributed by atoms with Gasteiger partial charge in [-0.3, -0.25) is 5.10 Å². The van der Waals surface area contributed by atoms with E-state index in [1.54, 1.807) is 11.0 Å². The van der Waals surface area contributed by atoms with Crippen molar-refractivity contribution in [1.29, 1.82) is 0 Å². The normalized spacial score (nSPS) is 10.3. The van der Waals surface area contributed by atoms with Gasteiger partial charge in [-0.2, -0.15) is 15.0 Å². The van der Waals surface area contributed by atoms with E-state index in [1.807, 2.05) is 27.9 Å². The SMILES string of the molecule is CCNc1nc(Oc2cc(C)[nH]n2)nc(N(C)C)n1. The molecule has 0 radical (unpaired) electrons. The summed E-state index contributed by atoms with van der Waals surface area (Å²) in [5, 5.41) is 9.81. The molecule has 102 valence electrons. The predicted molar refractivity (Wildman–Crippen MR) is 71.7 cm³/mol. The summed E-state index contributed by atoms with van der Waals surface area (Å²) < 4.78 is 5.51. The lowest BCUT2D eigenvalue weighted by Crippen LogP contribution is -2.15. The molecule has 0 fully saturated rings. The molecule has 0 aliphatic heterocycles. The van der Waals surface area contributed by atoms with Gasteiger partial charge < -0.3 is 15.0 Å². The van der Waals surface area contributed by atoms with Crippen molar-refractivity contribution in [1.82, 2.24) is 25.1 Å². The highest BCUT2D eigenvalue weighted by molar-refractivity contribution is 5.37. The predicted octanol–water partition coefficient (Wildman–Crippen LogP) is 1.19. The van der Waals surface area contributed by atoms with Gasteiger partial charge in [0.25, 0.3) is 0 Å². The number of nitrogens with one attached hydrogen (secondary N) is 2. The van der Waals surface area contributed by atoms with Crippen LogP contribution in [0.5, 0.6) is 11.9 Å². The molecule has 2 heterocycles. The third kappa shape index (κ3) is 3.30. The van der Waals surface area contributed by atoms with Crippen molar-refractivity contribution in [3.05, 3.63) is 11.8 Å². The number of anilines is 2. The fraction of sp³-hybridized carbons (Fsp3) is 0.455. The summed E-state index contributed by atoms with van der Waals surface area (Å²) in [6.45, 7) is 4.58. The van der Waals surface area contributed by atoms with E-state index in [4.69, 9.17) is 4.74 Å². The Labute approximate surface area is 111 Å². The molecule has 0 amide bonds. The lowest BCUT2D eigenvalue weighted by atomic mass is 10.5. The molecule has 2 aromatic heterocycles. The lowest BCUT2D eigenvalue weighted by Gasteiger charge is -2.12. The molecule has 0 spiro atoms. The maximum Gasteiger partial charge on any atom is 0.330 e. The Kier molecular flexibility index (Phi) is 3.79. The Morgan fingerprint density at radius 2 is 2.11 bits per heavy atom.